The Balaban J connectivity index is 2.64. The molecule has 5 heteroatoms. The molecule has 0 aromatic rings. The van der Waals surface area contributed by atoms with E-state index in [1.54, 1.807) is 0 Å². The fourth-order valence-corrected chi connectivity index (χ4v) is 1.87. The molecule has 0 aliphatic carbocycles. The molecule has 0 unspecified atom stereocenters. The first-order valence-electron chi connectivity index (χ1n) is 5.37. The molecule has 1 aliphatic heterocycles. The Morgan fingerprint density at radius 1 is 1.62 bits per heavy atom. The first-order chi connectivity index (χ1) is 7.60. The summed E-state index contributed by atoms with van der Waals surface area (Å²) in [5, 5.41) is 9.00. The zero-order valence-corrected chi connectivity index (χ0v) is 9.39. The van der Waals surface area contributed by atoms with Gasteiger partial charge in [0.15, 0.2) is 0 Å². The maximum Gasteiger partial charge on any atom is 0.410 e. The minimum Gasteiger partial charge on any atom is -0.480 e. The van der Waals surface area contributed by atoms with Crippen molar-refractivity contribution in [3.8, 4) is 0 Å². The molecule has 0 aromatic heterocycles. The molecule has 1 fully saturated rings. The van der Waals surface area contributed by atoms with Crippen LogP contribution in [0.25, 0.3) is 0 Å². The predicted octanol–water partition coefficient (Wildman–Crippen LogP) is 1.49. The fourth-order valence-electron chi connectivity index (χ4n) is 1.87. The Kier molecular flexibility index (Phi) is 4.34. The van der Waals surface area contributed by atoms with Crippen LogP contribution >= 0.6 is 0 Å². The number of rotatable bonds is 4. The molecule has 90 valence electrons. The number of likely N-dealkylation sites (tertiary alicyclic amines) is 1. The normalized spacial score (nSPS) is 24.2. The molecule has 5 nitrogen and oxygen atoms in total. The van der Waals surface area contributed by atoms with Gasteiger partial charge in [-0.05, 0) is 12.3 Å². The number of ether oxygens (including phenoxy) is 1. The summed E-state index contributed by atoms with van der Waals surface area (Å²) in [5.41, 5.74) is 0. The molecule has 0 spiro atoms. The van der Waals surface area contributed by atoms with Crippen LogP contribution in [-0.2, 0) is 9.53 Å². The molecule has 0 aromatic carbocycles. The van der Waals surface area contributed by atoms with E-state index in [9.17, 15) is 9.59 Å². The highest BCUT2D eigenvalue weighted by Crippen LogP contribution is 2.26. The number of amides is 1. The Labute approximate surface area is 94.7 Å². The number of carbonyl (C=O) groups is 2. The van der Waals surface area contributed by atoms with Crippen molar-refractivity contribution in [1.29, 1.82) is 0 Å². The van der Waals surface area contributed by atoms with Crippen LogP contribution in [0.2, 0.25) is 0 Å². The summed E-state index contributed by atoms with van der Waals surface area (Å²) in [7, 11) is 0. The van der Waals surface area contributed by atoms with Crippen molar-refractivity contribution in [2.75, 3.05) is 13.2 Å². The van der Waals surface area contributed by atoms with Crippen molar-refractivity contribution >= 4 is 12.1 Å². The van der Waals surface area contributed by atoms with E-state index in [1.165, 1.54) is 11.0 Å². The van der Waals surface area contributed by atoms with E-state index in [0.717, 1.165) is 6.42 Å². The van der Waals surface area contributed by atoms with Crippen LogP contribution in [0, 0.1) is 5.92 Å². The highest BCUT2D eigenvalue weighted by Gasteiger charge is 2.39. The number of carboxylic acid groups (broad SMARTS) is 1. The van der Waals surface area contributed by atoms with Gasteiger partial charge >= 0.3 is 12.1 Å². The number of aliphatic carboxylic acids is 1. The number of carbonyl (C=O) groups excluding carboxylic acids is 1. The number of carboxylic acids is 1. The summed E-state index contributed by atoms with van der Waals surface area (Å²) in [4.78, 5) is 23.8. The minimum absolute atomic E-state index is 0.110. The lowest BCUT2D eigenvalue weighted by atomic mass is 10.0. The molecule has 0 saturated carbocycles. The largest absolute Gasteiger partial charge is 0.480 e. The van der Waals surface area contributed by atoms with Crippen LogP contribution in [0.4, 0.5) is 4.79 Å². The third-order valence-electron chi connectivity index (χ3n) is 2.81. The molecular weight excluding hydrogens is 210 g/mol. The van der Waals surface area contributed by atoms with Crippen molar-refractivity contribution in [3.63, 3.8) is 0 Å². The van der Waals surface area contributed by atoms with Crippen molar-refractivity contribution in [2.24, 2.45) is 5.92 Å². The highest BCUT2D eigenvalue weighted by molar-refractivity contribution is 5.80. The lowest BCUT2D eigenvalue weighted by Crippen LogP contribution is -2.40. The van der Waals surface area contributed by atoms with Gasteiger partial charge in [0.25, 0.3) is 0 Å². The van der Waals surface area contributed by atoms with E-state index in [1.807, 2.05) is 6.92 Å². The third kappa shape index (κ3) is 2.74. The number of nitrogens with zero attached hydrogens (tertiary/aromatic N) is 1. The van der Waals surface area contributed by atoms with E-state index in [-0.39, 0.29) is 12.5 Å². The van der Waals surface area contributed by atoms with Crippen molar-refractivity contribution in [1.82, 2.24) is 4.90 Å². The summed E-state index contributed by atoms with van der Waals surface area (Å²) in [6.07, 6.45) is 2.27. The Morgan fingerprint density at radius 2 is 2.31 bits per heavy atom. The average molecular weight is 227 g/mol. The van der Waals surface area contributed by atoms with E-state index in [2.05, 4.69) is 6.58 Å². The molecule has 1 saturated heterocycles. The molecule has 1 heterocycles. The molecule has 16 heavy (non-hydrogen) atoms. The maximum atomic E-state index is 11.6. The second kappa shape index (κ2) is 5.53. The summed E-state index contributed by atoms with van der Waals surface area (Å²) in [6, 6.07) is -0.748. The molecule has 0 bridgehead atoms. The van der Waals surface area contributed by atoms with Crippen molar-refractivity contribution in [2.45, 2.75) is 25.8 Å². The second-order valence-corrected chi connectivity index (χ2v) is 3.88. The first-order valence-corrected chi connectivity index (χ1v) is 5.37. The van der Waals surface area contributed by atoms with Crippen LogP contribution in [-0.4, -0.2) is 41.3 Å². The molecule has 1 N–H and O–H groups in total. The van der Waals surface area contributed by atoms with Gasteiger partial charge in [-0.1, -0.05) is 26.0 Å². The van der Waals surface area contributed by atoms with Crippen LogP contribution in [0.1, 0.15) is 19.8 Å². The number of hydrogen-bond acceptors (Lipinski definition) is 3. The monoisotopic (exact) mass is 227 g/mol. The molecular formula is C11H17NO4. The SMILES string of the molecule is C=CCOC(=O)N1C[C@H](CC)C[C@@H]1C(=O)O. The van der Waals surface area contributed by atoms with E-state index in [0.29, 0.717) is 13.0 Å². The van der Waals surface area contributed by atoms with Gasteiger partial charge < -0.3 is 9.84 Å². The molecule has 1 aliphatic rings. The second-order valence-electron chi connectivity index (χ2n) is 3.88. The summed E-state index contributed by atoms with van der Waals surface area (Å²) in [6.45, 7) is 5.99. The van der Waals surface area contributed by atoms with Gasteiger partial charge in [-0.25, -0.2) is 9.59 Å². The quantitative estimate of drug-likeness (QED) is 0.739. The standard InChI is InChI=1S/C11H17NO4/c1-3-5-16-11(15)12-7-8(4-2)6-9(12)10(13)14/h3,8-9H,1,4-7H2,2H3,(H,13,14)/t8-,9-/m1/s1. The number of hydrogen-bond donors (Lipinski definition) is 1. The molecule has 1 amide bonds. The summed E-state index contributed by atoms with van der Waals surface area (Å²) >= 11 is 0. The molecule has 2 atom stereocenters. The van der Waals surface area contributed by atoms with Crippen LogP contribution in [0.5, 0.6) is 0 Å². The lowest BCUT2D eigenvalue weighted by molar-refractivity contribution is -0.141. The first kappa shape index (κ1) is 12.5. The Morgan fingerprint density at radius 3 is 2.81 bits per heavy atom. The zero-order chi connectivity index (χ0) is 12.1. The molecule has 1 rings (SSSR count). The van der Waals surface area contributed by atoms with Crippen molar-refractivity contribution < 1.29 is 19.4 Å². The third-order valence-corrected chi connectivity index (χ3v) is 2.81. The zero-order valence-electron chi connectivity index (χ0n) is 9.39. The van der Waals surface area contributed by atoms with E-state index in [4.69, 9.17) is 9.84 Å². The van der Waals surface area contributed by atoms with Crippen molar-refractivity contribution in [3.05, 3.63) is 12.7 Å². The maximum absolute atomic E-state index is 11.6. The molecule has 0 radical (unpaired) electrons. The summed E-state index contributed by atoms with van der Waals surface area (Å²) < 4.78 is 4.85. The van der Waals surface area contributed by atoms with Gasteiger partial charge in [0.1, 0.15) is 12.6 Å². The van der Waals surface area contributed by atoms with Crippen LogP contribution < -0.4 is 0 Å². The average Bonchev–Trinajstić information content (AvgIpc) is 2.70. The predicted molar refractivity (Wildman–Crippen MR) is 58.1 cm³/mol. The van der Waals surface area contributed by atoms with E-state index >= 15 is 0 Å². The Hall–Kier alpha value is -1.52. The van der Waals surface area contributed by atoms with Gasteiger partial charge in [-0.15, -0.1) is 0 Å². The van der Waals surface area contributed by atoms with Gasteiger partial charge in [-0.2, -0.15) is 0 Å². The summed E-state index contributed by atoms with van der Waals surface area (Å²) in [5.74, 6) is -0.719. The fraction of sp³-hybridized carbons (Fsp3) is 0.636. The van der Waals surface area contributed by atoms with Crippen LogP contribution in [0.15, 0.2) is 12.7 Å². The Bertz CT molecular complexity index is 290. The lowest BCUT2D eigenvalue weighted by Gasteiger charge is -2.20. The van der Waals surface area contributed by atoms with Gasteiger partial charge in [-0.3, -0.25) is 4.90 Å². The van der Waals surface area contributed by atoms with Gasteiger partial charge in [0, 0.05) is 6.54 Å². The van der Waals surface area contributed by atoms with Crippen LogP contribution in [0.3, 0.4) is 0 Å². The van der Waals surface area contributed by atoms with Gasteiger partial charge in [0.05, 0.1) is 0 Å². The van der Waals surface area contributed by atoms with Gasteiger partial charge in [0.2, 0.25) is 0 Å². The highest BCUT2D eigenvalue weighted by atomic mass is 16.6. The van der Waals surface area contributed by atoms with E-state index < -0.39 is 18.1 Å². The topological polar surface area (TPSA) is 66.8 Å². The minimum atomic E-state index is -0.966. The smallest absolute Gasteiger partial charge is 0.410 e.